The summed E-state index contributed by atoms with van der Waals surface area (Å²) >= 11 is 0. The van der Waals surface area contributed by atoms with Gasteiger partial charge >= 0.3 is 0 Å². The molecule has 0 spiro atoms. The Balaban J connectivity index is 1.79. The van der Waals surface area contributed by atoms with Crippen molar-refractivity contribution in [2.24, 2.45) is 0 Å². The highest BCUT2D eigenvalue weighted by atomic mass is 15.1. The Hall–Kier alpha value is -3.05. The van der Waals surface area contributed by atoms with Gasteiger partial charge in [0.25, 0.3) is 0 Å². The Morgan fingerprint density at radius 3 is 2.32 bits per heavy atom. The highest BCUT2D eigenvalue weighted by Crippen LogP contribution is 2.26. The third-order valence-corrected chi connectivity index (χ3v) is 4.85. The first-order valence-electron chi connectivity index (χ1n) is 9.66. The van der Waals surface area contributed by atoms with Crippen LogP contribution in [-0.2, 0) is 13.0 Å². The largest absolute Gasteiger partial charge is 0.309 e. The summed E-state index contributed by atoms with van der Waals surface area (Å²) in [6, 6.07) is 20.7. The molecule has 5 heteroatoms. The van der Waals surface area contributed by atoms with Crippen molar-refractivity contribution in [2.75, 3.05) is 20.6 Å². The van der Waals surface area contributed by atoms with Crippen LogP contribution < -0.4 is 0 Å². The highest BCUT2D eigenvalue weighted by molar-refractivity contribution is 5.87. The van der Waals surface area contributed by atoms with E-state index >= 15 is 0 Å². The van der Waals surface area contributed by atoms with Crippen molar-refractivity contribution >= 4 is 11.2 Å². The fraction of sp³-hybridized carbons (Fsp3) is 0.261. The summed E-state index contributed by atoms with van der Waals surface area (Å²) in [5.41, 5.74) is 4.99. The lowest BCUT2D eigenvalue weighted by atomic mass is 10.1. The molecule has 0 radical (unpaired) electrons. The maximum Gasteiger partial charge on any atom is 0.164 e. The van der Waals surface area contributed by atoms with E-state index in [-0.39, 0.29) is 0 Å². The summed E-state index contributed by atoms with van der Waals surface area (Å²) in [5, 5.41) is 0. The van der Waals surface area contributed by atoms with Gasteiger partial charge in [-0.2, -0.15) is 0 Å². The van der Waals surface area contributed by atoms with Gasteiger partial charge in [-0.05, 0) is 32.6 Å². The minimum Gasteiger partial charge on any atom is -0.309 e. The van der Waals surface area contributed by atoms with Crippen LogP contribution in [0.3, 0.4) is 0 Å². The van der Waals surface area contributed by atoms with E-state index in [9.17, 15) is 0 Å². The lowest BCUT2D eigenvalue weighted by Gasteiger charge is -2.11. The first kappa shape index (κ1) is 18.3. The SMILES string of the molecule is CN(C)CCCc1nc2c(-c3ccccc3)ncnc2n1Cc1ccccc1. The zero-order valence-electron chi connectivity index (χ0n) is 16.4. The molecule has 0 amide bonds. The molecule has 0 saturated heterocycles. The fourth-order valence-electron chi connectivity index (χ4n) is 3.47. The summed E-state index contributed by atoms with van der Waals surface area (Å²) in [7, 11) is 4.21. The topological polar surface area (TPSA) is 46.8 Å². The van der Waals surface area contributed by atoms with E-state index in [0.29, 0.717) is 0 Å². The van der Waals surface area contributed by atoms with Crippen LogP contribution in [0.2, 0.25) is 0 Å². The lowest BCUT2D eigenvalue weighted by molar-refractivity contribution is 0.397. The summed E-state index contributed by atoms with van der Waals surface area (Å²) in [6.45, 7) is 1.80. The molecule has 142 valence electrons. The second-order valence-corrected chi connectivity index (χ2v) is 7.27. The van der Waals surface area contributed by atoms with Crippen molar-refractivity contribution in [3.8, 4) is 11.3 Å². The van der Waals surface area contributed by atoms with Crippen molar-refractivity contribution in [1.29, 1.82) is 0 Å². The molecule has 0 unspecified atom stereocenters. The van der Waals surface area contributed by atoms with Crippen LogP contribution >= 0.6 is 0 Å². The quantitative estimate of drug-likeness (QED) is 0.492. The van der Waals surface area contributed by atoms with Crippen LogP contribution in [0, 0.1) is 0 Å². The Labute approximate surface area is 165 Å². The van der Waals surface area contributed by atoms with Crippen molar-refractivity contribution in [1.82, 2.24) is 24.4 Å². The van der Waals surface area contributed by atoms with E-state index < -0.39 is 0 Å². The van der Waals surface area contributed by atoms with Crippen LogP contribution in [0.5, 0.6) is 0 Å². The Morgan fingerprint density at radius 1 is 0.893 bits per heavy atom. The van der Waals surface area contributed by atoms with E-state index in [1.54, 1.807) is 6.33 Å². The summed E-state index contributed by atoms with van der Waals surface area (Å²) < 4.78 is 2.24. The number of benzene rings is 2. The van der Waals surface area contributed by atoms with Crippen LogP contribution in [0.4, 0.5) is 0 Å². The predicted octanol–water partition coefficient (Wildman–Crippen LogP) is 4.04. The van der Waals surface area contributed by atoms with E-state index in [2.05, 4.69) is 69.9 Å². The zero-order valence-corrected chi connectivity index (χ0v) is 16.4. The molecular weight excluding hydrogens is 346 g/mol. The minimum absolute atomic E-state index is 0.764. The van der Waals surface area contributed by atoms with E-state index in [1.165, 1.54) is 5.56 Å². The molecule has 0 aliphatic heterocycles. The number of aromatic nitrogens is 4. The molecule has 4 rings (SSSR count). The number of imidazole rings is 1. The molecule has 2 heterocycles. The molecule has 0 N–H and O–H groups in total. The molecule has 0 saturated carbocycles. The van der Waals surface area contributed by atoms with Gasteiger partial charge in [-0.3, -0.25) is 0 Å². The molecule has 0 bridgehead atoms. The van der Waals surface area contributed by atoms with Gasteiger partial charge < -0.3 is 9.47 Å². The fourth-order valence-corrected chi connectivity index (χ4v) is 3.47. The van der Waals surface area contributed by atoms with Crippen molar-refractivity contribution in [3.05, 3.63) is 78.4 Å². The van der Waals surface area contributed by atoms with Gasteiger partial charge in [0.15, 0.2) is 5.65 Å². The molecule has 0 atom stereocenters. The second kappa shape index (κ2) is 8.31. The monoisotopic (exact) mass is 371 g/mol. The number of nitrogens with zero attached hydrogens (tertiary/aromatic N) is 5. The number of aryl methyl sites for hydroxylation is 1. The molecular formula is C23H25N5. The van der Waals surface area contributed by atoms with Crippen LogP contribution in [0.25, 0.3) is 22.4 Å². The molecule has 28 heavy (non-hydrogen) atoms. The first-order valence-corrected chi connectivity index (χ1v) is 9.66. The Kier molecular flexibility index (Phi) is 5.44. The standard InChI is InChI=1S/C23H25N5/c1-27(2)15-9-14-20-26-22-21(19-12-7-4-8-13-19)24-17-25-23(22)28(20)16-18-10-5-3-6-11-18/h3-8,10-13,17H,9,14-16H2,1-2H3. The van der Waals surface area contributed by atoms with Gasteiger partial charge in [-0.25, -0.2) is 15.0 Å². The van der Waals surface area contributed by atoms with E-state index in [4.69, 9.17) is 4.98 Å². The average molecular weight is 371 g/mol. The number of fused-ring (bicyclic) bond motifs is 1. The van der Waals surface area contributed by atoms with Gasteiger partial charge in [0, 0.05) is 12.0 Å². The maximum absolute atomic E-state index is 5.00. The zero-order chi connectivity index (χ0) is 19.3. The first-order chi connectivity index (χ1) is 13.7. The van der Waals surface area contributed by atoms with Crippen LogP contribution in [0.15, 0.2) is 67.0 Å². The number of rotatable bonds is 7. The average Bonchev–Trinajstić information content (AvgIpc) is 3.06. The molecule has 5 nitrogen and oxygen atoms in total. The van der Waals surface area contributed by atoms with E-state index in [0.717, 1.165) is 54.2 Å². The molecule has 0 aliphatic rings. The molecule has 2 aromatic carbocycles. The van der Waals surface area contributed by atoms with Gasteiger partial charge in [-0.15, -0.1) is 0 Å². The lowest BCUT2D eigenvalue weighted by Crippen LogP contribution is -2.15. The minimum atomic E-state index is 0.764. The normalized spacial score (nSPS) is 11.4. The Morgan fingerprint density at radius 2 is 1.61 bits per heavy atom. The molecule has 4 aromatic rings. The third kappa shape index (κ3) is 3.94. The van der Waals surface area contributed by atoms with Crippen LogP contribution in [0.1, 0.15) is 17.8 Å². The third-order valence-electron chi connectivity index (χ3n) is 4.85. The van der Waals surface area contributed by atoms with Gasteiger partial charge in [0.1, 0.15) is 23.4 Å². The van der Waals surface area contributed by atoms with Crippen LogP contribution in [-0.4, -0.2) is 45.1 Å². The van der Waals surface area contributed by atoms with Gasteiger partial charge in [0.05, 0.1) is 6.54 Å². The Bertz CT molecular complexity index is 1040. The smallest absolute Gasteiger partial charge is 0.164 e. The summed E-state index contributed by atoms with van der Waals surface area (Å²) in [6.07, 6.45) is 3.62. The summed E-state index contributed by atoms with van der Waals surface area (Å²) in [4.78, 5) is 16.4. The number of hydrogen-bond donors (Lipinski definition) is 0. The van der Waals surface area contributed by atoms with E-state index in [1.807, 2.05) is 24.3 Å². The molecule has 0 fully saturated rings. The van der Waals surface area contributed by atoms with Crippen molar-refractivity contribution in [3.63, 3.8) is 0 Å². The van der Waals surface area contributed by atoms with Gasteiger partial charge in [0.2, 0.25) is 0 Å². The summed E-state index contributed by atoms with van der Waals surface area (Å²) in [5.74, 6) is 1.07. The second-order valence-electron chi connectivity index (χ2n) is 7.27. The highest BCUT2D eigenvalue weighted by Gasteiger charge is 2.17. The molecule has 0 aliphatic carbocycles. The van der Waals surface area contributed by atoms with Crippen molar-refractivity contribution < 1.29 is 0 Å². The van der Waals surface area contributed by atoms with Gasteiger partial charge in [-0.1, -0.05) is 60.7 Å². The number of hydrogen-bond acceptors (Lipinski definition) is 4. The van der Waals surface area contributed by atoms with Crippen molar-refractivity contribution in [2.45, 2.75) is 19.4 Å². The molecule has 2 aromatic heterocycles. The maximum atomic E-state index is 5.00. The predicted molar refractivity (Wildman–Crippen MR) is 113 cm³/mol.